The van der Waals surface area contributed by atoms with E-state index in [0.29, 0.717) is 11.8 Å². The molecule has 0 saturated carbocycles. The lowest BCUT2D eigenvalue weighted by Gasteiger charge is -2.37. The summed E-state index contributed by atoms with van der Waals surface area (Å²) in [6, 6.07) is 8.16. The van der Waals surface area contributed by atoms with E-state index in [1.54, 1.807) is 0 Å². The maximum Gasteiger partial charge on any atom is 0.235 e. The van der Waals surface area contributed by atoms with Crippen LogP contribution in [0.3, 0.4) is 0 Å². The maximum atomic E-state index is 13.1. The number of para-hydroxylation sites is 1. The first kappa shape index (κ1) is 14.3. The van der Waals surface area contributed by atoms with E-state index >= 15 is 0 Å². The molecular weight excluding hydrogens is 241 g/mol. The summed E-state index contributed by atoms with van der Waals surface area (Å²) >= 11 is 0. The molecule has 1 aliphatic rings. The van der Waals surface area contributed by atoms with Crippen molar-refractivity contribution in [1.82, 2.24) is 4.90 Å². The van der Waals surface area contributed by atoms with Crippen LogP contribution in [0.1, 0.15) is 52.1 Å². The number of alkyl halides is 1. The number of halogens is 1. The highest BCUT2D eigenvalue weighted by atomic mass is 19.1. The zero-order valence-corrected chi connectivity index (χ0v) is 12.3. The van der Waals surface area contributed by atoms with Gasteiger partial charge in [0.15, 0.2) is 0 Å². The van der Waals surface area contributed by atoms with Crippen molar-refractivity contribution in [3.05, 3.63) is 29.8 Å². The van der Waals surface area contributed by atoms with Crippen LogP contribution >= 0.6 is 0 Å². The predicted molar refractivity (Wildman–Crippen MR) is 76.1 cm³/mol. The average molecular weight is 265 g/mol. The van der Waals surface area contributed by atoms with Crippen LogP contribution in [0, 0.1) is 0 Å². The highest BCUT2D eigenvalue weighted by Crippen LogP contribution is 2.40. The second-order valence-corrected chi connectivity index (χ2v) is 6.22. The van der Waals surface area contributed by atoms with Gasteiger partial charge in [-0.05, 0) is 46.2 Å². The Bertz CT molecular complexity index is 425. The van der Waals surface area contributed by atoms with Gasteiger partial charge in [-0.1, -0.05) is 18.2 Å². The molecule has 2 nitrogen and oxygen atoms in total. The van der Waals surface area contributed by atoms with Gasteiger partial charge in [0.05, 0.1) is 0 Å². The van der Waals surface area contributed by atoms with Crippen LogP contribution in [-0.4, -0.2) is 23.3 Å². The third-order valence-corrected chi connectivity index (χ3v) is 3.68. The molecule has 1 aromatic carbocycles. The molecule has 2 rings (SSSR count). The summed E-state index contributed by atoms with van der Waals surface area (Å²) in [5, 5.41) is 0. The van der Waals surface area contributed by atoms with E-state index in [1.165, 1.54) is 13.3 Å². The molecule has 0 spiro atoms. The first-order chi connectivity index (χ1) is 8.89. The Labute approximate surface area is 115 Å². The number of ether oxygens (including phenoxy) is 1. The minimum atomic E-state index is -1.27. The maximum absolute atomic E-state index is 13.1. The van der Waals surface area contributed by atoms with Crippen molar-refractivity contribution in [2.45, 2.75) is 58.5 Å². The van der Waals surface area contributed by atoms with E-state index in [9.17, 15) is 4.39 Å². The van der Waals surface area contributed by atoms with E-state index in [-0.39, 0.29) is 5.54 Å². The van der Waals surface area contributed by atoms with E-state index < -0.39 is 6.36 Å². The number of rotatable bonds is 3. The summed E-state index contributed by atoms with van der Waals surface area (Å²) < 4.78 is 18.5. The van der Waals surface area contributed by atoms with Crippen molar-refractivity contribution in [2.24, 2.45) is 0 Å². The molecule has 0 amide bonds. The highest BCUT2D eigenvalue weighted by Gasteiger charge is 2.35. The molecule has 1 aromatic rings. The zero-order valence-electron chi connectivity index (χ0n) is 12.3. The third-order valence-electron chi connectivity index (χ3n) is 3.68. The Morgan fingerprint density at radius 2 is 2.00 bits per heavy atom. The van der Waals surface area contributed by atoms with Crippen LogP contribution in [0.5, 0.6) is 5.75 Å². The third kappa shape index (κ3) is 3.27. The van der Waals surface area contributed by atoms with Crippen LogP contribution in [0.2, 0.25) is 0 Å². The Balaban J connectivity index is 2.30. The molecule has 2 unspecified atom stereocenters. The zero-order chi connectivity index (χ0) is 14.0. The standard InChI is InChI=1S/C16H24FNO/c1-12(17)19-15-10-6-5-8-13(15)14-9-7-11-18(14)16(2,3)4/h5-6,8,10,12,14H,7,9,11H2,1-4H3. The lowest BCUT2D eigenvalue weighted by Crippen LogP contribution is -2.40. The fourth-order valence-electron chi connectivity index (χ4n) is 2.93. The minimum Gasteiger partial charge on any atom is -0.460 e. The topological polar surface area (TPSA) is 12.5 Å². The van der Waals surface area contributed by atoms with E-state index in [1.807, 2.05) is 18.2 Å². The summed E-state index contributed by atoms with van der Waals surface area (Å²) in [4.78, 5) is 2.48. The van der Waals surface area contributed by atoms with Crippen LogP contribution in [0.15, 0.2) is 24.3 Å². The summed E-state index contributed by atoms with van der Waals surface area (Å²) in [5.74, 6) is 0.679. The number of benzene rings is 1. The molecule has 19 heavy (non-hydrogen) atoms. The van der Waals surface area contributed by atoms with Gasteiger partial charge in [-0.3, -0.25) is 4.90 Å². The number of nitrogens with zero attached hydrogens (tertiary/aromatic N) is 1. The number of likely N-dealkylation sites (tertiary alicyclic amines) is 1. The van der Waals surface area contributed by atoms with Gasteiger partial charge in [-0.25, -0.2) is 4.39 Å². The first-order valence-electron chi connectivity index (χ1n) is 7.06. The molecule has 1 fully saturated rings. The molecule has 0 aliphatic carbocycles. The normalized spacial score (nSPS) is 22.5. The highest BCUT2D eigenvalue weighted by molar-refractivity contribution is 5.36. The predicted octanol–water partition coefficient (Wildman–Crippen LogP) is 4.32. The van der Waals surface area contributed by atoms with Gasteiger partial charge < -0.3 is 4.74 Å². The van der Waals surface area contributed by atoms with E-state index in [4.69, 9.17) is 4.74 Å². The van der Waals surface area contributed by atoms with Crippen molar-refractivity contribution in [1.29, 1.82) is 0 Å². The monoisotopic (exact) mass is 265 g/mol. The second kappa shape index (κ2) is 5.49. The van der Waals surface area contributed by atoms with Gasteiger partial charge in [0.25, 0.3) is 0 Å². The van der Waals surface area contributed by atoms with Crippen molar-refractivity contribution >= 4 is 0 Å². The van der Waals surface area contributed by atoms with Crippen LogP contribution in [0.25, 0.3) is 0 Å². The van der Waals surface area contributed by atoms with Crippen molar-refractivity contribution in [2.75, 3.05) is 6.54 Å². The molecule has 2 atom stereocenters. The van der Waals surface area contributed by atoms with Gasteiger partial charge in [0.1, 0.15) is 5.75 Å². The minimum absolute atomic E-state index is 0.121. The molecule has 1 aliphatic heterocycles. The Hall–Kier alpha value is -1.09. The number of hydrogen-bond donors (Lipinski definition) is 0. The Kier molecular flexibility index (Phi) is 4.14. The largest absolute Gasteiger partial charge is 0.460 e. The SMILES string of the molecule is CC(F)Oc1ccccc1C1CCCN1C(C)(C)C. The second-order valence-electron chi connectivity index (χ2n) is 6.22. The summed E-state index contributed by atoms with van der Waals surface area (Å²) in [5.41, 5.74) is 1.23. The fraction of sp³-hybridized carbons (Fsp3) is 0.625. The van der Waals surface area contributed by atoms with Crippen molar-refractivity contribution in [3.8, 4) is 5.75 Å². The van der Waals surface area contributed by atoms with Gasteiger partial charge in [-0.15, -0.1) is 0 Å². The van der Waals surface area contributed by atoms with Crippen LogP contribution in [0.4, 0.5) is 4.39 Å². The van der Waals surface area contributed by atoms with Crippen LogP contribution in [-0.2, 0) is 0 Å². The van der Waals surface area contributed by atoms with E-state index in [0.717, 1.165) is 18.5 Å². The summed E-state index contributed by atoms with van der Waals surface area (Å²) in [6.07, 6.45) is 1.02. The molecule has 0 aromatic heterocycles. The van der Waals surface area contributed by atoms with Gasteiger partial charge >= 0.3 is 0 Å². The molecule has 1 saturated heterocycles. The molecule has 1 heterocycles. The molecule has 106 valence electrons. The lowest BCUT2D eigenvalue weighted by molar-refractivity contribution is 0.0783. The Morgan fingerprint density at radius 1 is 1.32 bits per heavy atom. The molecule has 0 bridgehead atoms. The quantitative estimate of drug-likeness (QED) is 0.807. The van der Waals surface area contributed by atoms with Gasteiger partial charge in [-0.2, -0.15) is 0 Å². The van der Waals surface area contributed by atoms with Gasteiger partial charge in [0.2, 0.25) is 6.36 Å². The molecule has 0 radical (unpaired) electrons. The van der Waals surface area contributed by atoms with Crippen molar-refractivity contribution in [3.63, 3.8) is 0 Å². The average Bonchev–Trinajstić information content (AvgIpc) is 2.77. The number of hydrogen-bond acceptors (Lipinski definition) is 2. The summed E-state index contributed by atoms with van der Waals surface area (Å²) in [6.45, 7) is 9.20. The molecule has 3 heteroatoms. The molecule has 0 N–H and O–H groups in total. The van der Waals surface area contributed by atoms with Crippen LogP contribution < -0.4 is 4.74 Å². The molecular formula is C16H24FNO. The van der Waals surface area contributed by atoms with E-state index in [2.05, 4.69) is 31.7 Å². The fourth-order valence-corrected chi connectivity index (χ4v) is 2.93. The smallest absolute Gasteiger partial charge is 0.235 e. The summed E-state index contributed by atoms with van der Waals surface area (Å²) in [7, 11) is 0. The van der Waals surface area contributed by atoms with Crippen molar-refractivity contribution < 1.29 is 9.13 Å². The lowest BCUT2D eigenvalue weighted by atomic mass is 9.98. The Morgan fingerprint density at radius 3 is 2.63 bits per heavy atom. The first-order valence-corrected chi connectivity index (χ1v) is 7.06. The van der Waals surface area contributed by atoms with Gasteiger partial charge in [0, 0.05) is 24.1 Å².